The smallest absolute Gasteiger partial charge is 0.276 e. The Bertz CT molecular complexity index is 445. The first-order valence-corrected chi connectivity index (χ1v) is 6.42. The van der Waals surface area contributed by atoms with E-state index in [0.717, 1.165) is 5.56 Å². The van der Waals surface area contributed by atoms with Gasteiger partial charge in [-0.05, 0) is 32.9 Å². The third-order valence-electron chi connectivity index (χ3n) is 2.50. The van der Waals surface area contributed by atoms with Crippen LogP contribution in [0.15, 0.2) is 24.3 Å². The third kappa shape index (κ3) is 5.71. The number of hydrazine groups is 1. The zero-order chi connectivity index (χ0) is 15.0. The molecule has 2 amide bonds. The van der Waals surface area contributed by atoms with Crippen LogP contribution in [0, 0.1) is 6.92 Å². The van der Waals surface area contributed by atoms with Crippen molar-refractivity contribution in [2.24, 2.45) is 0 Å². The summed E-state index contributed by atoms with van der Waals surface area (Å²) >= 11 is 0. The standard InChI is InChI=1S/C14H20N2O4/c1-4-19-11(3)14(18)16-15-13(17)9-20-12-7-5-10(2)6-8-12/h5-8,11H,4,9H2,1-3H3,(H,15,17)(H,16,18). The van der Waals surface area contributed by atoms with E-state index in [1.165, 1.54) is 0 Å². The average molecular weight is 280 g/mol. The second-order valence-electron chi connectivity index (χ2n) is 4.24. The van der Waals surface area contributed by atoms with Crippen LogP contribution in [0.5, 0.6) is 5.75 Å². The van der Waals surface area contributed by atoms with E-state index >= 15 is 0 Å². The number of carbonyl (C=O) groups excluding carboxylic acids is 2. The fraction of sp³-hybridized carbons (Fsp3) is 0.429. The Hall–Kier alpha value is -2.08. The lowest BCUT2D eigenvalue weighted by Gasteiger charge is -2.13. The molecule has 1 atom stereocenters. The van der Waals surface area contributed by atoms with Crippen LogP contribution in [0.1, 0.15) is 19.4 Å². The molecular formula is C14H20N2O4. The molecule has 2 N–H and O–H groups in total. The van der Waals surface area contributed by atoms with Crippen LogP contribution in [0.3, 0.4) is 0 Å². The summed E-state index contributed by atoms with van der Waals surface area (Å²) < 4.78 is 10.4. The summed E-state index contributed by atoms with van der Waals surface area (Å²) in [6.45, 7) is 5.61. The Morgan fingerprint density at radius 2 is 1.85 bits per heavy atom. The molecule has 0 saturated carbocycles. The monoisotopic (exact) mass is 280 g/mol. The first kappa shape index (κ1) is 16.0. The number of aryl methyl sites for hydroxylation is 1. The molecule has 6 heteroatoms. The van der Waals surface area contributed by atoms with E-state index in [9.17, 15) is 9.59 Å². The molecule has 0 radical (unpaired) electrons. The Kier molecular flexibility index (Phi) is 6.52. The lowest BCUT2D eigenvalue weighted by molar-refractivity contribution is -0.136. The first-order valence-electron chi connectivity index (χ1n) is 6.42. The largest absolute Gasteiger partial charge is 0.484 e. The highest BCUT2D eigenvalue weighted by molar-refractivity contribution is 5.84. The number of benzene rings is 1. The molecule has 1 unspecified atom stereocenters. The number of hydrogen-bond acceptors (Lipinski definition) is 4. The first-order chi connectivity index (χ1) is 9.52. The second kappa shape index (κ2) is 8.16. The SMILES string of the molecule is CCOC(C)C(=O)NNC(=O)COc1ccc(C)cc1. The minimum atomic E-state index is -0.613. The van der Waals surface area contributed by atoms with Gasteiger partial charge in [0.2, 0.25) is 0 Å². The fourth-order valence-electron chi connectivity index (χ4n) is 1.38. The molecule has 0 aromatic heterocycles. The molecule has 0 spiro atoms. The summed E-state index contributed by atoms with van der Waals surface area (Å²) in [6.07, 6.45) is -0.613. The van der Waals surface area contributed by atoms with Gasteiger partial charge in [0.25, 0.3) is 11.8 Å². The number of amides is 2. The highest BCUT2D eigenvalue weighted by Gasteiger charge is 2.13. The number of rotatable bonds is 6. The molecule has 0 bridgehead atoms. The lowest BCUT2D eigenvalue weighted by atomic mass is 10.2. The maximum atomic E-state index is 11.5. The van der Waals surface area contributed by atoms with Crippen molar-refractivity contribution in [3.05, 3.63) is 29.8 Å². The minimum absolute atomic E-state index is 0.174. The van der Waals surface area contributed by atoms with Crippen molar-refractivity contribution >= 4 is 11.8 Å². The van der Waals surface area contributed by atoms with Gasteiger partial charge in [0.1, 0.15) is 11.9 Å². The fourth-order valence-corrected chi connectivity index (χ4v) is 1.38. The molecule has 0 aliphatic heterocycles. The highest BCUT2D eigenvalue weighted by atomic mass is 16.5. The van der Waals surface area contributed by atoms with Crippen molar-refractivity contribution in [3.63, 3.8) is 0 Å². The maximum Gasteiger partial charge on any atom is 0.276 e. The molecular weight excluding hydrogens is 260 g/mol. The third-order valence-corrected chi connectivity index (χ3v) is 2.50. The van der Waals surface area contributed by atoms with E-state index < -0.39 is 17.9 Å². The molecule has 0 saturated heterocycles. The van der Waals surface area contributed by atoms with Gasteiger partial charge in [-0.25, -0.2) is 0 Å². The molecule has 110 valence electrons. The van der Waals surface area contributed by atoms with E-state index in [2.05, 4.69) is 10.9 Å². The number of hydrogen-bond donors (Lipinski definition) is 2. The van der Waals surface area contributed by atoms with Crippen LogP contribution in [-0.2, 0) is 14.3 Å². The Labute approximate surface area is 118 Å². The van der Waals surface area contributed by atoms with Gasteiger partial charge in [0.15, 0.2) is 6.61 Å². The van der Waals surface area contributed by atoms with Crippen molar-refractivity contribution in [1.29, 1.82) is 0 Å². The van der Waals surface area contributed by atoms with Gasteiger partial charge in [-0.3, -0.25) is 20.4 Å². The topological polar surface area (TPSA) is 76.7 Å². The summed E-state index contributed by atoms with van der Waals surface area (Å²) in [5.74, 6) is -0.252. The van der Waals surface area contributed by atoms with Gasteiger partial charge in [-0.15, -0.1) is 0 Å². The summed E-state index contributed by atoms with van der Waals surface area (Å²) in [5.41, 5.74) is 5.64. The predicted octanol–water partition coefficient (Wildman–Crippen LogP) is 0.946. The molecule has 6 nitrogen and oxygen atoms in total. The molecule has 0 heterocycles. The minimum Gasteiger partial charge on any atom is -0.484 e. The van der Waals surface area contributed by atoms with E-state index in [0.29, 0.717) is 12.4 Å². The summed E-state index contributed by atoms with van der Waals surface area (Å²) in [6, 6.07) is 7.33. The van der Waals surface area contributed by atoms with Gasteiger partial charge in [-0.1, -0.05) is 17.7 Å². The van der Waals surface area contributed by atoms with E-state index in [4.69, 9.17) is 9.47 Å². The maximum absolute atomic E-state index is 11.5. The van der Waals surface area contributed by atoms with E-state index in [1.807, 2.05) is 19.1 Å². The number of carbonyl (C=O) groups is 2. The van der Waals surface area contributed by atoms with Crippen molar-refractivity contribution in [2.45, 2.75) is 26.9 Å². The van der Waals surface area contributed by atoms with Crippen LogP contribution in [-0.4, -0.2) is 31.1 Å². The summed E-state index contributed by atoms with van der Waals surface area (Å²) in [5, 5.41) is 0. The van der Waals surface area contributed by atoms with Gasteiger partial charge < -0.3 is 9.47 Å². The zero-order valence-electron chi connectivity index (χ0n) is 11.9. The van der Waals surface area contributed by atoms with Crippen LogP contribution in [0.25, 0.3) is 0 Å². The lowest BCUT2D eigenvalue weighted by Crippen LogP contribution is -2.47. The molecule has 20 heavy (non-hydrogen) atoms. The zero-order valence-corrected chi connectivity index (χ0v) is 11.9. The summed E-state index contributed by atoms with van der Waals surface area (Å²) in [7, 11) is 0. The van der Waals surface area contributed by atoms with Crippen LogP contribution >= 0.6 is 0 Å². The van der Waals surface area contributed by atoms with Crippen molar-refractivity contribution < 1.29 is 19.1 Å². The summed E-state index contributed by atoms with van der Waals surface area (Å²) in [4.78, 5) is 22.9. The molecule has 0 aliphatic rings. The molecule has 0 aliphatic carbocycles. The number of nitrogens with one attached hydrogen (secondary N) is 2. The Balaban J connectivity index is 2.27. The van der Waals surface area contributed by atoms with Crippen molar-refractivity contribution in [1.82, 2.24) is 10.9 Å². The van der Waals surface area contributed by atoms with E-state index in [-0.39, 0.29) is 6.61 Å². The van der Waals surface area contributed by atoms with Crippen LogP contribution < -0.4 is 15.6 Å². The van der Waals surface area contributed by atoms with E-state index in [1.54, 1.807) is 26.0 Å². The Morgan fingerprint density at radius 3 is 2.45 bits per heavy atom. The van der Waals surface area contributed by atoms with Gasteiger partial charge in [0, 0.05) is 6.61 Å². The quantitative estimate of drug-likeness (QED) is 0.761. The second-order valence-corrected chi connectivity index (χ2v) is 4.24. The highest BCUT2D eigenvalue weighted by Crippen LogP contribution is 2.10. The number of ether oxygens (including phenoxy) is 2. The van der Waals surface area contributed by atoms with Gasteiger partial charge >= 0.3 is 0 Å². The van der Waals surface area contributed by atoms with Crippen molar-refractivity contribution in [2.75, 3.05) is 13.2 Å². The molecule has 0 fully saturated rings. The average Bonchev–Trinajstić information content (AvgIpc) is 2.44. The predicted molar refractivity (Wildman–Crippen MR) is 74.0 cm³/mol. The normalized spacial score (nSPS) is 11.6. The van der Waals surface area contributed by atoms with Gasteiger partial charge in [0.05, 0.1) is 0 Å². The molecule has 1 rings (SSSR count). The molecule has 1 aromatic carbocycles. The molecule has 1 aromatic rings. The van der Waals surface area contributed by atoms with Crippen molar-refractivity contribution in [3.8, 4) is 5.75 Å². The van der Waals surface area contributed by atoms with Crippen LogP contribution in [0.4, 0.5) is 0 Å². The van der Waals surface area contributed by atoms with Crippen LogP contribution in [0.2, 0.25) is 0 Å². The van der Waals surface area contributed by atoms with Gasteiger partial charge in [-0.2, -0.15) is 0 Å². The Morgan fingerprint density at radius 1 is 1.20 bits per heavy atom.